The highest BCUT2D eigenvalue weighted by molar-refractivity contribution is 5.98. The number of aromatic nitrogens is 1. The number of fused-ring (bicyclic) bond motifs is 1. The second-order valence-electron chi connectivity index (χ2n) is 8.44. The van der Waals surface area contributed by atoms with E-state index in [1.165, 1.54) is 17.0 Å². The molecule has 2 N–H and O–H groups in total. The molecule has 2 aromatic carbocycles. The fraction of sp³-hybridized carbons (Fsp3) is 0.231. The Morgan fingerprint density at radius 2 is 1.85 bits per heavy atom. The van der Waals surface area contributed by atoms with Gasteiger partial charge in [0, 0.05) is 66.0 Å². The van der Waals surface area contributed by atoms with Crippen molar-refractivity contribution in [1.82, 2.24) is 9.88 Å². The van der Waals surface area contributed by atoms with Gasteiger partial charge in [0.2, 0.25) is 0 Å². The Kier molecular flexibility index (Phi) is 5.61. The van der Waals surface area contributed by atoms with Crippen molar-refractivity contribution in [2.24, 2.45) is 5.73 Å². The summed E-state index contributed by atoms with van der Waals surface area (Å²) in [4.78, 5) is 18.3. The summed E-state index contributed by atoms with van der Waals surface area (Å²) >= 11 is 0. The van der Waals surface area contributed by atoms with Crippen LogP contribution in [0.3, 0.4) is 0 Å². The number of rotatable bonds is 4. The molecule has 174 valence electrons. The van der Waals surface area contributed by atoms with E-state index in [0.717, 1.165) is 16.5 Å². The Bertz CT molecular complexity index is 1360. The number of nitrogens with zero attached hydrogens (tertiary/aromatic N) is 2. The molecule has 0 saturated carbocycles. The Morgan fingerprint density at radius 3 is 2.53 bits per heavy atom. The van der Waals surface area contributed by atoms with Crippen LogP contribution in [0.2, 0.25) is 0 Å². The first-order chi connectivity index (χ1) is 16.3. The maximum absolute atomic E-state index is 15.2. The normalized spacial score (nSPS) is 15.6. The lowest BCUT2D eigenvalue weighted by molar-refractivity contribution is -0.0494. The Hall–Kier alpha value is -3.65. The SMILES string of the molecule is NCc1cc2cc(-c3ccc(C(=O)N4CCC(F)(F)CC4)cc3F)cc(-c3cccnc3)c2o1. The number of hydrogen-bond acceptors (Lipinski definition) is 4. The molecule has 2 aromatic heterocycles. The summed E-state index contributed by atoms with van der Waals surface area (Å²) in [5, 5.41) is 0.769. The first-order valence-electron chi connectivity index (χ1n) is 11.0. The fourth-order valence-corrected chi connectivity index (χ4v) is 4.30. The predicted octanol–water partition coefficient (Wildman–Crippen LogP) is 5.63. The number of benzene rings is 2. The number of carbonyl (C=O) groups excluding carboxylic acids is 1. The molecule has 4 aromatic rings. The minimum absolute atomic E-state index is 0.0513. The molecule has 0 spiro atoms. The van der Waals surface area contributed by atoms with Crippen LogP contribution in [0.4, 0.5) is 13.2 Å². The molecule has 1 saturated heterocycles. The highest BCUT2D eigenvalue weighted by atomic mass is 19.3. The maximum Gasteiger partial charge on any atom is 0.253 e. The summed E-state index contributed by atoms with van der Waals surface area (Å²) in [5.74, 6) is -3.18. The monoisotopic (exact) mass is 465 g/mol. The number of halogens is 3. The molecule has 0 atom stereocenters. The summed E-state index contributed by atoms with van der Waals surface area (Å²) in [6.07, 6.45) is 2.60. The number of pyridine rings is 1. The van der Waals surface area contributed by atoms with Crippen LogP contribution in [0.25, 0.3) is 33.2 Å². The first-order valence-corrected chi connectivity index (χ1v) is 11.0. The lowest BCUT2D eigenvalue weighted by Crippen LogP contribution is -2.42. The molecule has 1 fully saturated rings. The molecule has 0 unspecified atom stereocenters. The van der Waals surface area contributed by atoms with Crippen LogP contribution in [0.15, 0.2) is 65.3 Å². The Balaban J connectivity index is 1.52. The van der Waals surface area contributed by atoms with Crippen LogP contribution in [0.5, 0.6) is 0 Å². The number of amides is 1. The van der Waals surface area contributed by atoms with Crippen LogP contribution >= 0.6 is 0 Å². The van der Waals surface area contributed by atoms with Crippen molar-refractivity contribution >= 4 is 16.9 Å². The van der Waals surface area contributed by atoms with E-state index in [-0.39, 0.29) is 38.0 Å². The van der Waals surface area contributed by atoms with Crippen LogP contribution in [0.1, 0.15) is 29.0 Å². The van der Waals surface area contributed by atoms with Crippen molar-refractivity contribution in [2.45, 2.75) is 25.3 Å². The number of likely N-dealkylation sites (tertiary alicyclic amines) is 1. The van der Waals surface area contributed by atoms with Crippen molar-refractivity contribution in [3.63, 3.8) is 0 Å². The smallest absolute Gasteiger partial charge is 0.253 e. The van der Waals surface area contributed by atoms with Gasteiger partial charge >= 0.3 is 0 Å². The van der Waals surface area contributed by atoms with Crippen molar-refractivity contribution in [3.05, 3.63) is 78.1 Å². The Morgan fingerprint density at radius 1 is 1.06 bits per heavy atom. The third-order valence-corrected chi connectivity index (χ3v) is 6.15. The molecule has 3 heterocycles. The predicted molar refractivity (Wildman–Crippen MR) is 123 cm³/mol. The molecule has 1 amide bonds. The van der Waals surface area contributed by atoms with Gasteiger partial charge in [0.15, 0.2) is 0 Å². The van der Waals surface area contributed by atoms with Crippen LogP contribution in [0, 0.1) is 5.82 Å². The van der Waals surface area contributed by atoms with Crippen molar-refractivity contribution in [2.75, 3.05) is 13.1 Å². The zero-order valence-electron chi connectivity index (χ0n) is 18.2. The molecule has 0 bridgehead atoms. The third kappa shape index (κ3) is 4.17. The van der Waals surface area contributed by atoms with Gasteiger partial charge in [0.1, 0.15) is 17.2 Å². The van der Waals surface area contributed by atoms with Gasteiger partial charge in [-0.25, -0.2) is 13.2 Å². The molecule has 8 heteroatoms. The summed E-state index contributed by atoms with van der Waals surface area (Å²) < 4.78 is 48.0. The highest BCUT2D eigenvalue weighted by Gasteiger charge is 2.35. The second-order valence-corrected chi connectivity index (χ2v) is 8.44. The summed E-state index contributed by atoms with van der Waals surface area (Å²) in [6.45, 7) is 0.124. The second kappa shape index (κ2) is 8.61. The first kappa shape index (κ1) is 22.2. The molecule has 0 radical (unpaired) electrons. The van der Waals surface area contributed by atoms with Gasteiger partial charge in [0.05, 0.1) is 6.54 Å². The van der Waals surface area contributed by atoms with E-state index < -0.39 is 17.6 Å². The molecular weight excluding hydrogens is 443 g/mol. The summed E-state index contributed by atoms with van der Waals surface area (Å²) in [6, 6.07) is 13.4. The minimum atomic E-state index is -2.76. The zero-order valence-corrected chi connectivity index (χ0v) is 18.2. The van der Waals surface area contributed by atoms with Crippen LogP contribution in [-0.4, -0.2) is 34.8 Å². The van der Waals surface area contributed by atoms with Gasteiger partial charge in [0.25, 0.3) is 11.8 Å². The van der Waals surface area contributed by atoms with E-state index in [0.29, 0.717) is 22.5 Å². The van der Waals surface area contributed by atoms with Gasteiger partial charge in [-0.05, 0) is 42.0 Å². The lowest BCUT2D eigenvalue weighted by atomic mass is 9.96. The maximum atomic E-state index is 15.2. The number of hydrogen-bond donors (Lipinski definition) is 1. The summed E-state index contributed by atoms with van der Waals surface area (Å²) in [7, 11) is 0. The standard InChI is InChI=1S/C26H22F3N3O2/c27-23-13-16(25(33)32-8-5-26(28,29)6-9-32)3-4-21(23)18-10-19-11-20(14-30)34-24(19)22(12-18)17-2-1-7-31-15-17/h1-4,7,10-13,15H,5-6,8-9,14,30H2. The van der Waals surface area contributed by atoms with E-state index in [1.54, 1.807) is 24.5 Å². The summed E-state index contributed by atoms with van der Waals surface area (Å²) in [5.41, 5.74) is 8.98. The van der Waals surface area contributed by atoms with Gasteiger partial charge < -0.3 is 15.1 Å². The Labute approximate surface area is 194 Å². The number of alkyl halides is 2. The van der Waals surface area contributed by atoms with E-state index in [9.17, 15) is 13.6 Å². The molecule has 1 aliphatic heterocycles. The van der Waals surface area contributed by atoms with Crippen molar-refractivity contribution in [1.29, 1.82) is 0 Å². The minimum Gasteiger partial charge on any atom is -0.459 e. The molecule has 5 rings (SSSR count). The molecular formula is C26H22F3N3O2. The average Bonchev–Trinajstić information content (AvgIpc) is 3.27. The van der Waals surface area contributed by atoms with Crippen LogP contribution < -0.4 is 5.73 Å². The van der Waals surface area contributed by atoms with E-state index >= 15 is 4.39 Å². The van der Waals surface area contributed by atoms with E-state index in [2.05, 4.69) is 4.98 Å². The largest absolute Gasteiger partial charge is 0.459 e. The quantitative estimate of drug-likeness (QED) is 0.424. The molecule has 5 nitrogen and oxygen atoms in total. The van der Waals surface area contributed by atoms with E-state index in [1.807, 2.05) is 24.3 Å². The molecule has 1 aliphatic rings. The topological polar surface area (TPSA) is 72.4 Å². The molecule has 34 heavy (non-hydrogen) atoms. The van der Waals surface area contributed by atoms with Crippen molar-refractivity contribution < 1.29 is 22.4 Å². The van der Waals surface area contributed by atoms with Gasteiger partial charge in [-0.15, -0.1) is 0 Å². The fourth-order valence-electron chi connectivity index (χ4n) is 4.30. The lowest BCUT2D eigenvalue weighted by Gasteiger charge is -2.31. The number of furan rings is 1. The van der Waals surface area contributed by atoms with Gasteiger partial charge in [-0.3, -0.25) is 9.78 Å². The average molecular weight is 465 g/mol. The molecule has 0 aliphatic carbocycles. The number of piperidine rings is 1. The third-order valence-electron chi connectivity index (χ3n) is 6.15. The highest BCUT2D eigenvalue weighted by Crippen LogP contribution is 2.37. The van der Waals surface area contributed by atoms with Gasteiger partial charge in [-0.1, -0.05) is 12.1 Å². The van der Waals surface area contributed by atoms with Crippen LogP contribution in [-0.2, 0) is 6.54 Å². The zero-order chi connectivity index (χ0) is 23.9. The van der Waals surface area contributed by atoms with E-state index in [4.69, 9.17) is 10.2 Å². The van der Waals surface area contributed by atoms with Gasteiger partial charge in [-0.2, -0.15) is 0 Å². The van der Waals surface area contributed by atoms with Crippen molar-refractivity contribution in [3.8, 4) is 22.3 Å². The number of nitrogens with two attached hydrogens (primary N) is 1. The number of carbonyl (C=O) groups is 1.